The maximum Gasteiger partial charge on any atom is 0.314 e. The van der Waals surface area contributed by atoms with Crippen LogP contribution in [0.4, 0.5) is 0 Å². The molecule has 0 bridgehead atoms. The lowest BCUT2D eigenvalue weighted by Gasteiger charge is -2.38. The first-order valence-corrected chi connectivity index (χ1v) is 17.4. The smallest absolute Gasteiger partial charge is 0.314 e. The van der Waals surface area contributed by atoms with Gasteiger partial charge in [0, 0.05) is 12.5 Å². The van der Waals surface area contributed by atoms with E-state index < -0.39 is 25.2 Å². The fraction of sp³-hybridized carbons (Fsp3) is 1.00. The number of ether oxygens (including phenoxy) is 1. The van der Waals surface area contributed by atoms with Crippen molar-refractivity contribution in [1.29, 1.82) is 0 Å². The minimum Gasteiger partial charge on any atom is -0.437 e. The molecule has 0 aromatic carbocycles. The Balaban J connectivity index is 4.36. The third kappa shape index (κ3) is 11.9. The maximum absolute atomic E-state index is 9.00. The van der Waals surface area contributed by atoms with E-state index in [2.05, 4.69) is 45.8 Å². The van der Waals surface area contributed by atoms with Crippen LogP contribution in [0.1, 0.15) is 6.42 Å². The molecule has 0 unspecified atom stereocenters. The van der Waals surface area contributed by atoms with E-state index in [9.17, 15) is 0 Å². The van der Waals surface area contributed by atoms with Crippen molar-refractivity contribution in [2.24, 2.45) is 5.92 Å². The quantitative estimate of drug-likeness (QED) is 0.409. The van der Waals surface area contributed by atoms with Crippen LogP contribution in [0.3, 0.4) is 0 Å². The van der Waals surface area contributed by atoms with Gasteiger partial charge in [-0.25, -0.2) is 0 Å². The molecular formula is C14H36O5Si3. The molecule has 0 saturated carbocycles. The average molecular weight is 369 g/mol. The third-order valence-electron chi connectivity index (χ3n) is 2.83. The highest BCUT2D eigenvalue weighted by Crippen LogP contribution is 2.25. The van der Waals surface area contributed by atoms with E-state index in [1.54, 1.807) is 0 Å². The Hall–Kier alpha value is 0.451. The summed E-state index contributed by atoms with van der Waals surface area (Å²) in [5, 5.41) is 18.0. The van der Waals surface area contributed by atoms with Crippen LogP contribution >= 0.6 is 0 Å². The van der Waals surface area contributed by atoms with Gasteiger partial charge in [0.1, 0.15) is 0 Å². The van der Waals surface area contributed by atoms with E-state index in [0.29, 0.717) is 13.2 Å². The Kier molecular flexibility index (Phi) is 9.87. The highest BCUT2D eigenvalue weighted by Gasteiger charge is 2.39. The standard InChI is InChI=1S/C14H36O5Si3/c1-20(2,3)18-22(7,19-21(4,5)6)10-8-9-17-13-14(11-15)12-16/h14-16H,8-13H2,1-7H3. The number of aliphatic hydroxyl groups is 2. The lowest BCUT2D eigenvalue weighted by molar-refractivity contribution is 0.0449. The number of hydrogen-bond donors (Lipinski definition) is 2. The molecule has 0 aliphatic carbocycles. The normalized spacial score (nSPS) is 13.9. The Morgan fingerprint density at radius 2 is 1.27 bits per heavy atom. The minimum atomic E-state index is -2.17. The molecule has 134 valence electrons. The molecule has 8 heteroatoms. The summed E-state index contributed by atoms with van der Waals surface area (Å²) in [7, 11) is -5.45. The zero-order valence-electron chi connectivity index (χ0n) is 15.4. The van der Waals surface area contributed by atoms with Crippen LogP contribution in [0.15, 0.2) is 0 Å². The Morgan fingerprint density at radius 3 is 1.64 bits per heavy atom. The van der Waals surface area contributed by atoms with Crippen LogP contribution in [0.2, 0.25) is 51.9 Å². The predicted octanol–water partition coefficient (Wildman–Crippen LogP) is 2.77. The second kappa shape index (κ2) is 9.68. The zero-order chi connectivity index (χ0) is 17.4. The molecule has 0 aromatic rings. The molecule has 0 aromatic heterocycles. The summed E-state index contributed by atoms with van der Waals surface area (Å²) in [6.07, 6.45) is 0.890. The zero-order valence-corrected chi connectivity index (χ0v) is 18.4. The van der Waals surface area contributed by atoms with Gasteiger partial charge < -0.3 is 23.2 Å². The van der Waals surface area contributed by atoms with Crippen molar-refractivity contribution in [3.8, 4) is 0 Å². The molecular weight excluding hydrogens is 332 g/mol. The topological polar surface area (TPSA) is 68.2 Å². The summed E-state index contributed by atoms with van der Waals surface area (Å²) < 4.78 is 18.4. The molecule has 0 fully saturated rings. The molecule has 0 radical (unpaired) electrons. The largest absolute Gasteiger partial charge is 0.437 e. The van der Waals surface area contributed by atoms with Crippen molar-refractivity contribution in [3.63, 3.8) is 0 Å². The van der Waals surface area contributed by atoms with Gasteiger partial charge in [-0.3, -0.25) is 0 Å². The van der Waals surface area contributed by atoms with Gasteiger partial charge in [0.25, 0.3) is 0 Å². The lowest BCUT2D eigenvalue weighted by Crippen LogP contribution is -2.52. The number of rotatable bonds is 12. The van der Waals surface area contributed by atoms with Crippen LogP contribution in [-0.2, 0) is 13.0 Å². The Labute approximate surface area is 139 Å². The predicted molar refractivity (Wildman–Crippen MR) is 98.4 cm³/mol. The molecule has 2 N–H and O–H groups in total. The summed E-state index contributed by atoms with van der Waals surface area (Å²) in [4.78, 5) is 0. The molecule has 0 spiro atoms. The summed E-state index contributed by atoms with van der Waals surface area (Å²) in [6.45, 7) is 16.3. The highest BCUT2D eigenvalue weighted by molar-refractivity contribution is 6.87. The first-order valence-electron chi connectivity index (χ1n) is 8.10. The Bertz CT molecular complexity index is 282. The van der Waals surface area contributed by atoms with Gasteiger partial charge in [-0.05, 0) is 58.3 Å². The average Bonchev–Trinajstić information content (AvgIpc) is 2.28. The van der Waals surface area contributed by atoms with Crippen LogP contribution < -0.4 is 0 Å². The van der Waals surface area contributed by atoms with Crippen molar-refractivity contribution < 1.29 is 23.2 Å². The second-order valence-corrected chi connectivity index (χ2v) is 20.8. The van der Waals surface area contributed by atoms with Gasteiger partial charge in [-0.2, -0.15) is 0 Å². The van der Waals surface area contributed by atoms with E-state index in [-0.39, 0.29) is 19.1 Å². The summed E-state index contributed by atoms with van der Waals surface area (Å²) >= 11 is 0. The molecule has 0 rings (SSSR count). The minimum absolute atomic E-state index is 0.0412. The van der Waals surface area contributed by atoms with Crippen molar-refractivity contribution in [2.45, 2.75) is 58.3 Å². The molecule has 0 atom stereocenters. The van der Waals surface area contributed by atoms with E-state index >= 15 is 0 Å². The second-order valence-electron chi connectivity index (χ2n) is 7.97. The van der Waals surface area contributed by atoms with E-state index in [1.165, 1.54) is 0 Å². The highest BCUT2D eigenvalue weighted by atomic mass is 28.5. The van der Waals surface area contributed by atoms with E-state index in [0.717, 1.165) is 12.5 Å². The van der Waals surface area contributed by atoms with E-state index in [1.807, 2.05) is 0 Å². The maximum atomic E-state index is 9.00. The van der Waals surface area contributed by atoms with Gasteiger partial charge >= 0.3 is 8.56 Å². The van der Waals surface area contributed by atoms with Crippen molar-refractivity contribution >= 4 is 25.2 Å². The van der Waals surface area contributed by atoms with Gasteiger partial charge in [-0.15, -0.1) is 0 Å². The molecule has 0 amide bonds. The molecule has 0 saturated heterocycles. The monoisotopic (exact) mass is 368 g/mol. The van der Waals surface area contributed by atoms with Crippen LogP contribution in [0.25, 0.3) is 0 Å². The first kappa shape index (κ1) is 22.5. The van der Waals surface area contributed by atoms with Crippen molar-refractivity contribution in [1.82, 2.24) is 0 Å². The molecule has 0 aliphatic rings. The van der Waals surface area contributed by atoms with Gasteiger partial charge in [0.05, 0.1) is 19.8 Å². The molecule has 5 nitrogen and oxygen atoms in total. The molecule has 22 heavy (non-hydrogen) atoms. The van der Waals surface area contributed by atoms with Crippen LogP contribution in [-0.4, -0.2) is 61.8 Å². The fourth-order valence-electron chi connectivity index (χ4n) is 2.33. The van der Waals surface area contributed by atoms with Gasteiger partial charge in [-0.1, -0.05) is 0 Å². The fourth-order valence-corrected chi connectivity index (χ4v) is 14.8. The summed E-state index contributed by atoms with van der Waals surface area (Å²) in [5.74, 6) is -0.180. The molecule has 0 heterocycles. The lowest BCUT2D eigenvalue weighted by atomic mass is 10.2. The molecule has 0 aliphatic heterocycles. The van der Waals surface area contributed by atoms with Crippen LogP contribution in [0, 0.1) is 5.92 Å². The van der Waals surface area contributed by atoms with Gasteiger partial charge in [0.15, 0.2) is 16.6 Å². The van der Waals surface area contributed by atoms with Crippen molar-refractivity contribution in [3.05, 3.63) is 0 Å². The van der Waals surface area contributed by atoms with Crippen LogP contribution in [0.5, 0.6) is 0 Å². The number of aliphatic hydroxyl groups excluding tert-OH is 2. The SMILES string of the molecule is C[Si](C)(C)O[Si](C)(CCCOCC(CO)CO)O[Si](C)(C)C. The van der Waals surface area contributed by atoms with Crippen molar-refractivity contribution in [2.75, 3.05) is 26.4 Å². The third-order valence-corrected chi connectivity index (χ3v) is 12.4. The summed E-state index contributed by atoms with van der Waals surface area (Å²) in [5.41, 5.74) is 0. The van der Waals surface area contributed by atoms with Gasteiger partial charge in [0.2, 0.25) is 0 Å². The number of hydrogen-bond acceptors (Lipinski definition) is 5. The van der Waals surface area contributed by atoms with E-state index in [4.69, 9.17) is 23.2 Å². The Morgan fingerprint density at radius 1 is 0.818 bits per heavy atom. The first-order chi connectivity index (χ1) is 9.91. The summed E-state index contributed by atoms with van der Waals surface area (Å²) in [6, 6.07) is 0.921.